The van der Waals surface area contributed by atoms with Gasteiger partial charge in [0.2, 0.25) is 0 Å². The Morgan fingerprint density at radius 1 is 1.43 bits per heavy atom. The third-order valence-corrected chi connectivity index (χ3v) is 5.07. The molecule has 0 unspecified atom stereocenters. The Kier molecular flexibility index (Phi) is 3.56. The second-order valence-corrected chi connectivity index (χ2v) is 6.80. The number of nitrogens with zero attached hydrogens (tertiary/aromatic N) is 1. The zero-order valence-corrected chi connectivity index (χ0v) is 12.4. The quantitative estimate of drug-likeness (QED) is 0.782. The highest BCUT2D eigenvalue weighted by molar-refractivity contribution is 7.89. The molecule has 2 aromatic rings. The van der Waals surface area contributed by atoms with Crippen LogP contribution < -0.4 is 4.72 Å². The minimum atomic E-state index is -3.74. The molecule has 0 fully saturated rings. The fourth-order valence-electron chi connectivity index (χ4n) is 2.61. The number of nitrogens with one attached hydrogen (secondary N) is 2. The first-order valence-electron chi connectivity index (χ1n) is 6.83. The Morgan fingerprint density at radius 2 is 2.19 bits per heavy atom. The van der Waals surface area contributed by atoms with Crippen molar-refractivity contribution in [1.29, 1.82) is 0 Å². The van der Waals surface area contributed by atoms with Gasteiger partial charge in [-0.2, -0.15) is 4.72 Å². The van der Waals surface area contributed by atoms with Crippen LogP contribution in [0, 0.1) is 0 Å². The highest BCUT2D eigenvalue weighted by atomic mass is 32.2. The highest BCUT2D eigenvalue weighted by Gasteiger charge is 2.34. The van der Waals surface area contributed by atoms with Crippen LogP contribution in [0.2, 0.25) is 0 Å². The molecular weight excluding hydrogens is 290 g/mol. The van der Waals surface area contributed by atoms with Crippen molar-refractivity contribution in [3.05, 3.63) is 47.4 Å². The van der Waals surface area contributed by atoms with E-state index in [2.05, 4.69) is 14.7 Å². The van der Waals surface area contributed by atoms with E-state index in [1.165, 1.54) is 6.20 Å². The van der Waals surface area contributed by atoms with E-state index < -0.39 is 22.2 Å². The summed E-state index contributed by atoms with van der Waals surface area (Å²) in [6.07, 6.45) is 1.62. The Labute approximate surface area is 123 Å². The molecule has 1 aromatic carbocycles. The highest BCUT2D eigenvalue weighted by Crippen LogP contribution is 2.32. The lowest BCUT2D eigenvalue weighted by atomic mass is 10.1. The van der Waals surface area contributed by atoms with Crippen molar-refractivity contribution in [2.75, 3.05) is 0 Å². The van der Waals surface area contributed by atoms with Gasteiger partial charge in [0.15, 0.2) is 5.03 Å². The monoisotopic (exact) mass is 307 g/mol. The first-order chi connectivity index (χ1) is 10.0. The Balaban J connectivity index is 1.89. The van der Waals surface area contributed by atoms with Gasteiger partial charge < -0.3 is 10.1 Å². The summed E-state index contributed by atoms with van der Waals surface area (Å²) >= 11 is 0. The van der Waals surface area contributed by atoms with E-state index in [0.29, 0.717) is 18.7 Å². The minimum Gasteiger partial charge on any atom is -0.391 e. The van der Waals surface area contributed by atoms with E-state index in [1.807, 2.05) is 31.2 Å². The Morgan fingerprint density at radius 3 is 2.90 bits per heavy atom. The summed E-state index contributed by atoms with van der Waals surface area (Å²) in [5, 5.41) is 10.1. The molecule has 2 atom stereocenters. The van der Waals surface area contributed by atoms with Crippen LogP contribution in [0.15, 0.2) is 35.5 Å². The third kappa shape index (κ3) is 2.59. The van der Waals surface area contributed by atoms with E-state index in [-0.39, 0.29) is 5.03 Å². The molecule has 112 valence electrons. The van der Waals surface area contributed by atoms with Crippen LogP contribution in [0.4, 0.5) is 0 Å². The molecule has 1 heterocycles. The number of benzene rings is 1. The van der Waals surface area contributed by atoms with Crippen molar-refractivity contribution in [3.63, 3.8) is 0 Å². The average Bonchev–Trinajstić information content (AvgIpc) is 3.05. The van der Waals surface area contributed by atoms with E-state index in [9.17, 15) is 13.5 Å². The van der Waals surface area contributed by atoms with E-state index in [1.54, 1.807) is 0 Å². The molecule has 1 aliphatic carbocycles. The van der Waals surface area contributed by atoms with E-state index >= 15 is 0 Å². The fourth-order valence-corrected chi connectivity index (χ4v) is 3.80. The Hall–Kier alpha value is -1.70. The smallest absolute Gasteiger partial charge is 0.258 e. The lowest BCUT2D eigenvalue weighted by Crippen LogP contribution is -2.34. The average molecular weight is 307 g/mol. The van der Waals surface area contributed by atoms with Crippen molar-refractivity contribution >= 4 is 10.0 Å². The number of aliphatic hydroxyl groups excluding tert-OH is 1. The van der Waals surface area contributed by atoms with Crippen molar-refractivity contribution in [1.82, 2.24) is 14.7 Å². The van der Waals surface area contributed by atoms with Gasteiger partial charge in [0, 0.05) is 12.8 Å². The van der Waals surface area contributed by atoms with Crippen molar-refractivity contribution in [3.8, 4) is 0 Å². The van der Waals surface area contributed by atoms with Crippen LogP contribution in [0.25, 0.3) is 0 Å². The van der Waals surface area contributed by atoms with Crippen molar-refractivity contribution < 1.29 is 13.5 Å². The number of aromatic nitrogens is 2. The zero-order valence-electron chi connectivity index (χ0n) is 11.6. The molecule has 7 heteroatoms. The molecule has 0 bridgehead atoms. The van der Waals surface area contributed by atoms with Gasteiger partial charge in [0.25, 0.3) is 10.0 Å². The summed E-state index contributed by atoms with van der Waals surface area (Å²) in [5.41, 5.74) is 1.79. The molecule has 0 saturated heterocycles. The first-order valence-corrected chi connectivity index (χ1v) is 8.31. The fraction of sp³-hybridized carbons (Fsp3) is 0.357. The van der Waals surface area contributed by atoms with Crippen LogP contribution in [0.5, 0.6) is 0 Å². The van der Waals surface area contributed by atoms with E-state index in [0.717, 1.165) is 11.1 Å². The molecule has 3 rings (SSSR count). The number of aromatic amines is 1. The first kappa shape index (κ1) is 14.2. The second-order valence-electron chi connectivity index (χ2n) is 5.12. The maximum absolute atomic E-state index is 12.4. The molecule has 0 spiro atoms. The van der Waals surface area contributed by atoms with E-state index in [4.69, 9.17) is 0 Å². The lowest BCUT2D eigenvalue weighted by molar-refractivity contribution is 0.151. The standard InChI is InChI=1S/C14H17N3O3S/c1-2-12-15-8-13(16-12)21(19,20)17-14-10-6-4-3-5-9(10)7-11(14)18/h3-6,8,11,14,17-18H,2,7H2,1H3,(H,15,16)/t11-,14+/m0/s1. The summed E-state index contributed by atoms with van der Waals surface area (Å²) in [6, 6.07) is 6.83. The molecule has 0 aliphatic heterocycles. The summed E-state index contributed by atoms with van der Waals surface area (Å²) in [4.78, 5) is 6.77. The van der Waals surface area contributed by atoms with Gasteiger partial charge in [-0.3, -0.25) is 0 Å². The molecule has 21 heavy (non-hydrogen) atoms. The molecule has 1 aromatic heterocycles. The molecular formula is C14H17N3O3S. The number of fused-ring (bicyclic) bond motifs is 1. The van der Waals surface area contributed by atoms with Crippen LogP contribution in [0.3, 0.4) is 0 Å². The number of aryl methyl sites for hydroxylation is 1. The van der Waals surface area contributed by atoms with Crippen LogP contribution >= 0.6 is 0 Å². The van der Waals surface area contributed by atoms with Gasteiger partial charge in [-0.1, -0.05) is 31.2 Å². The maximum Gasteiger partial charge on any atom is 0.258 e. The summed E-state index contributed by atoms with van der Waals surface area (Å²) in [7, 11) is -3.74. The van der Waals surface area contributed by atoms with Gasteiger partial charge in [0.05, 0.1) is 18.3 Å². The maximum atomic E-state index is 12.4. The molecule has 3 N–H and O–H groups in total. The Bertz CT molecular complexity index is 754. The number of aliphatic hydroxyl groups is 1. The number of rotatable bonds is 4. The molecule has 1 aliphatic rings. The SMILES string of the molecule is CCc1ncc(S(=O)(=O)N[C@@H]2c3ccccc3C[C@@H]2O)[nH]1. The predicted octanol–water partition coefficient (Wildman–Crippen LogP) is 0.909. The summed E-state index contributed by atoms with van der Waals surface area (Å²) in [6.45, 7) is 1.89. The molecule has 0 radical (unpaired) electrons. The number of hydrogen-bond acceptors (Lipinski definition) is 4. The number of imidazole rings is 1. The number of H-pyrrole nitrogens is 1. The van der Waals surface area contributed by atoms with Gasteiger partial charge in [-0.15, -0.1) is 0 Å². The third-order valence-electron chi connectivity index (χ3n) is 3.72. The van der Waals surface area contributed by atoms with Gasteiger partial charge in [-0.05, 0) is 11.1 Å². The van der Waals surface area contributed by atoms with Crippen LogP contribution in [-0.4, -0.2) is 29.6 Å². The van der Waals surface area contributed by atoms with Crippen molar-refractivity contribution in [2.24, 2.45) is 0 Å². The zero-order chi connectivity index (χ0) is 15.0. The normalized spacial score (nSPS) is 21.4. The van der Waals surface area contributed by atoms with Crippen molar-refractivity contribution in [2.45, 2.75) is 36.9 Å². The number of sulfonamides is 1. The summed E-state index contributed by atoms with van der Waals surface area (Å²) < 4.78 is 27.3. The van der Waals surface area contributed by atoms with Gasteiger partial charge in [0.1, 0.15) is 5.82 Å². The summed E-state index contributed by atoms with van der Waals surface area (Å²) in [5.74, 6) is 0.614. The number of hydrogen-bond donors (Lipinski definition) is 3. The molecule has 0 amide bonds. The lowest BCUT2D eigenvalue weighted by Gasteiger charge is -2.17. The van der Waals surface area contributed by atoms with Crippen LogP contribution in [0.1, 0.15) is 29.9 Å². The van der Waals surface area contributed by atoms with Crippen LogP contribution in [-0.2, 0) is 22.9 Å². The van der Waals surface area contributed by atoms with Gasteiger partial charge in [-0.25, -0.2) is 13.4 Å². The predicted molar refractivity (Wildman–Crippen MR) is 77.2 cm³/mol. The topological polar surface area (TPSA) is 95.1 Å². The van der Waals surface area contributed by atoms with Gasteiger partial charge >= 0.3 is 0 Å². The minimum absolute atomic E-state index is 0.0240. The largest absolute Gasteiger partial charge is 0.391 e. The molecule has 0 saturated carbocycles. The second kappa shape index (κ2) is 5.25. The molecule has 6 nitrogen and oxygen atoms in total.